The zero-order valence-electron chi connectivity index (χ0n) is 18.3. The highest BCUT2D eigenvalue weighted by atomic mass is 35.5. The highest BCUT2D eigenvalue weighted by molar-refractivity contribution is 7.86. The number of nitrogens with one attached hydrogen (secondary N) is 1. The van der Waals surface area contributed by atoms with Crippen molar-refractivity contribution >= 4 is 44.7 Å². The standard InChI is InChI=1S/C25H18ClF2N3O3S/c1-33-22-13-19(14-3-2-4-16(27)9-14)21(28)12-20(22)25-18-6-5-17(10-15(18)11-23(26)29-25)35(32)31-24-7-8-34-30-24/h3,5-13H,2,4H2,1H3,(H,30,31). The van der Waals surface area contributed by atoms with Gasteiger partial charge in [0.2, 0.25) is 0 Å². The highest BCUT2D eigenvalue weighted by Gasteiger charge is 2.20. The summed E-state index contributed by atoms with van der Waals surface area (Å²) < 4.78 is 54.8. The maximum Gasteiger partial charge on any atom is 0.181 e. The Morgan fingerprint density at radius 1 is 1.14 bits per heavy atom. The zero-order valence-corrected chi connectivity index (χ0v) is 19.9. The number of anilines is 1. The maximum absolute atomic E-state index is 15.2. The van der Waals surface area contributed by atoms with Gasteiger partial charge in [0.25, 0.3) is 0 Å². The lowest BCUT2D eigenvalue weighted by Crippen LogP contribution is -2.05. The summed E-state index contributed by atoms with van der Waals surface area (Å²) >= 11 is 6.31. The van der Waals surface area contributed by atoms with Crippen molar-refractivity contribution in [2.45, 2.75) is 17.7 Å². The number of pyridine rings is 1. The summed E-state index contributed by atoms with van der Waals surface area (Å²) in [6.45, 7) is 0. The van der Waals surface area contributed by atoms with E-state index in [1.165, 1.54) is 31.6 Å². The first-order valence-electron chi connectivity index (χ1n) is 10.6. The Labute approximate surface area is 206 Å². The molecule has 1 atom stereocenters. The fourth-order valence-electron chi connectivity index (χ4n) is 3.92. The third-order valence-corrected chi connectivity index (χ3v) is 6.81. The van der Waals surface area contributed by atoms with Crippen molar-refractivity contribution in [2.75, 3.05) is 11.8 Å². The van der Waals surface area contributed by atoms with E-state index >= 15 is 4.39 Å². The summed E-state index contributed by atoms with van der Waals surface area (Å²) in [5.74, 6) is -0.140. The number of hydrogen-bond donors (Lipinski definition) is 1. The van der Waals surface area contributed by atoms with Crippen LogP contribution in [0.1, 0.15) is 18.4 Å². The fourth-order valence-corrected chi connectivity index (χ4v) is 4.97. The molecule has 0 saturated carbocycles. The SMILES string of the molecule is COc1cc(C2=CCCC(F)=C2)c(F)cc1-c1nc(Cl)cc2cc(S(=O)Nc3ccon3)ccc12. The minimum absolute atomic E-state index is 0.173. The smallest absolute Gasteiger partial charge is 0.181 e. The van der Waals surface area contributed by atoms with E-state index in [9.17, 15) is 8.60 Å². The van der Waals surface area contributed by atoms with E-state index in [0.29, 0.717) is 56.9 Å². The first-order chi connectivity index (χ1) is 16.9. The first kappa shape index (κ1) is 23.2. The van der Waals surface area contributed by atoms with Crippen molar-refractivity contribution in [3.63, 3.8) is 0 Å². The number of benzene rings is 2. The van der Waals surface area contributed by atoms with E-state index in [0.717, 1.165) is 0 Å². The quantitative estimate of drug-likeness (QED) is 0.285. The van der Waals surface area contributed by atoms with Crippen LogP contribution < -0.4 is 9.46 Å². The van der Waals surface area contributed by atoms with E-state index in [4.69, 9.17) is 20.9 Å². The number of methoxy groups -OCH3 is 1. The van der Waals surface area contributed by atoms with Gasteiger partial charge in [-0.15, -0.1) is 0 Å². The van der Waals surface area contributed by atoms with Crippen molar-refractivity contribution < 1.29 is 22.2 Å². The van der Waals surface area contributed by atoms with Gasteiger partial charge in [0.05, 0.1) is 17.7 Å². The Balaban J connectivity index is 1.59. The second kappa shape index (κ2) is 9.59. The van der Waals surface area contributed by atoms with Gasteiger partial charge in [-0.3, -0.25) is 4.72 Å². The van der Waals surface area contributed by atoms with Crippen molar-refractivity contribution in [2.24, 2.45) is 0 Å². The molecule has 35 heavy (non-hydrogen) atoms. The van der Waals surface area contributed by atoms with Gasteiger partial charge in [0, 0.05) is 29.0 Å². The monoisotopic (exact) mass is 513 g/mol. The van der Waals surface area contributed by atoms with Crippen LogP contribution in [0.25, 0.3) is 27.6 Å². The van der Waals surface area contributed by atoms with Crippen LogP contribution >= 0.6 is 11.6 Å². The third kappa shape index (κ3) is 4.69. The summed E-state index contributed by atoms with van der Waals surface area (Å²) in [5, 5.41) is 5.18. The normalized spacial score (nSPS) is 14.4. The van der Waals surface area contributed by atoms with Crippen LogP contribution in [0.15, 0.2) is 76.1 Å². The molecule has 2 aromatic carbocycles. The molecule has 1 unspecified atom stereocenters. The molecule has 2 heterocycles. The number of nitrogens with zero attached hydrogens (tertiary/aromatic N) is 2. The fraction of sp³-hybridized carbons (Fsp3) is 0.120. The maximum atomic E-state index is 15.2. The molecule has 1 N–H and O–H groups in total. The number of halogens is 3. The Morgan fingerprint density at radius 3 is 2.74 bits per heavy atom. The summed E-state index contributed by atoms with van der Waals surface area (Å²) in [6, 6.07) is 11.1. The molecule has 0 radical (unpaired) electrons. The predicted molar refractivity (Wildman–Crippen MR) is 132 cm³/mol. The van der Waals surface area contributed by atoms with Crippen molar-refractivity contribution in [3.8, 4) is 17.0 Å². The lowest BCUT2D eigenvalue weighted by atomic mass is 9.95. The number of rotatable bonds is 6. The van der Waals surface area contributed by atoms with Crippen molar-refractivity contribution in [3.05, 3.63) is 83.2 Å². The second-order valence-electron chi connectivity index (χ2n) is 7.75. The number of ether oxygens (including phenoxy) is 1. The van der Waals surface area contributed by atoms with Crippen LogP contribution in [0.2, 0.25) is 5.15 Å². The summed E-state index contributed by atoms with van der Waals surface area (Å²) in [5.41, 5.74) is 1.49. The van der Waals surface area contributed by atoms with Crippen LogP contribution in [0.5, 0.6) is 5.75 Å². The number of aromatic nitrogens is 2. The first-order valence-corrected chi connectivity index (χ1v) is 12.1. The molecule has 5 rings (SSSR count). The van der Waals surface area contributed by atoms with Gasteiger partial charge in [-0.05, 0) is 53.8 Å². The van der Waals surface area contributed by atoms with E-state index in [1.54, 1.807) is 36.4 Å². The van der Waals surface area contributed by atoms with Gasteiger partial charge in [-0.25, -0.2) is 18.0 Å². The van der Waals surface area contributed by atoms with E-state index in [1.807, 2.05) is 0 Å². The Kier molecular flexibility index (Phi) is 6.36. The molecule has 1 aliphatic rings. The van der Waals surface area contributed by atoms with Crippen molar-refractivity contribution in [1.82, 2.24) is 10.1 Å². The molecule has 0 spiro atoms. The van der Waals surface area contributed by atoms with E-state index < -0.39 is 16.8 Å². The molecule has 0 fully saturated rings. The van der Waals surface area contributed by atoms with E-state index in [2.05, 4.69) is 14.9 Å². The molecule has 0 saturated heterocycles. The Hall–Kier alpha value is -3.56. The molecule has 0 bridgehead atoms. The van der Waals surface area contributed by atoms with Gasteiger partial charge in [-0.1, -0.05) is 28.9 Å². The highest BCUT2D eigenvalue weighted by Crippen LogP contribution is 2.39. The molecule has 0 aliphatic heterocycles. The molecular formula is C25H18ClF2N3O3S. The van der Waals surface area contributed by atoms with Crippen LogP contribution in [0, 0.1) is 5.82 Å². The summed E-state index contributed by atoms with van der Waals surface area (Å²) in [4.78, 5) is 4.90. The van der Waals surface area contributed by atoms with Crippen LogP contribution in [0.3, 0.4) is 0 Å². The zero-order chi connectivity index (χ0) is 24.5. The largest absolute Gasteiger partial charge is 0.496 e. The summed E-state index contributed by atoms with van der Waals surface area (Å²) in [6.07, 6.45) is 5.30. The minimum atomic E-state index is -1.61. The third-order valence-electron chi connectivity index (χ3n) is 5.54. The topological polar surface area (TPSA) is 77.2 Å². The Bertz CT molecular complexity index is 1520. The molecule has 178 valence electrons. The molecule has 0 amide bonds. The average Bonchev–Trinajstić information content (AvgIpc) is 3.36. The van der Waals surface area contributed by atoms with Crippen LogP contribution in [0.4, 0.5) is 14.6 Å². The number of fused-ring (bicyclic) bond motifs is 1. The minimum Gasteiger partial charge on any atom is -0.496 e. The molecule has 1 aliphatic carbocycles. The van der Waals surface area contributed by atoms with Crippen molar-refractivity contribution in [1.29, 1.82) is 0 Å². The number of allylic oxidation sites excluding steroid dienone is 4. The second-order valence-corrected chi connectivity index (χ2v) is 9.35. The van der Waals surface area contributed by atoms with Gasteiger partial charge in [-0.2, -0.15) is 0 Å². The van der Waals surface area contributed by atoms with Gasteiger partial charge >= 0.3 is 0 Å². The Morgan fingerprint density at radius 2 is 2.00 bits per heavy atom. The average molecular weight is 514 g/mol. The molecule has 4 aromatic rings. The van der Waals surface area contributed by atoms with Gasteiger partial charge < -0.3 is 9.26 Å². The molecular weight excluding hydrogens is 496 g/mol. The molecule has 2 aromatic heterocycles. The predicted octanol–water partition coefficient (Wildman–Crippen LogP) is 6.86. The molecule has 6 nitrogen and oxygen atoms in total. The van der Waals surface area contributed by atoms with E-state index in [-0.39, 0.29) is 16.5 Å². The van der Waals surface area contributed by atoms with Gasteiger partial charge in [0.1, 0.15) is 28.8 Å². The van der Waals surface area contributed by atoms with Crippen LogP contribution in [-0.2, 0) is 11.0 Å². The summed E-state index contributed by atoms with van der Waals surface area (Å²) in [7, 11) is -0.140. The lowest BCUT2D eigenvalue weighted by molar-refractivity contribution is 0.415. The number of hydrogen-bond acceptors (Lipinski definition) is 5. The van der Waals surface area contributed by atoms with Gasteiger partial charge in [0.15, 0.2) is 16.8 Å². The molecule has 10 heteroatoms. The lowest BCUT2D eigenvalue weighted by Gasteiger charge is -2.16. The van der Waals surface area contributed by atoms with Crippen LogP contribution in [-0.4, -0.2) is 21.5 Å².